The zero-order chi connectivity index (χ0) is 12.1. The van der Waals surface area contributed by atoms with E-state index in [0.29, 0.717) is 12.1 Å². The van der Waals surface area contributed by atoms with Gasteiger partial charge in [0, 0.05) is 45.3 Å². The smallest absolute Gasteiger partial charge is 0.0829 e. The van der Waals surface area contributed by atoms with E-state index in [1.807, 2.05) is 0 Å². The van der Waals surface area contributed by atoms with Gasteiger partial charge in [-0.1, -0.05) is 13.3 Å². The molecule has 4 heteroatoms. The lowest BCUT2D eigenvalue weighted by Gasteiger charge is -2.38. The summed E-state index contributed by atoms with van der Waals surface area (Å²) in [5, 5.41) is 3.60. The molecule has 2 fully saturated rings. The van der Waals surface area contributed by atoms with Crippen molar-refractivity contribution in [2.45, 2.75) is 31.9 Å². The van der Waals surface area contributed by atoms with Crippen LogP contribution in [0.3, 0.4) is 0 Å². The highest BCUT2D eigenvalue weighted by atomic mass is 16.5. The molecule has 1 N–H and O–H groups in total. The van der Waals surface area contributed by atoms with E-state index in [9.17, 15) is 0 Å². The number of likely N-dealkylation sites (N-methyl/N-ethyl adjacent to an activating group) is 1. The maximum Gasteiger partial charge on any atom is 0.0829 e. The van der Waals surface area contributed by atoms with Gasteiger partial charge in [-0.2, -0.15) is 0 Å². The third-order valence-electron chi connectivity index (χ3n) is 3.78. The molecule has 0 bridgehead atoms. The van der Waals surface area contributed by atoms with Crippen LogP contribution in [0.4, 0.5) is 0 Å². The van der Waals surface area contributed by atoms with Crippen LogP contribution < -0.4 is 5.32 Å². The molecule has 0 aromatic carbocycles. The summed E-state index contributed by atoms with van der Waals surface area (Å²) in [6, 6.07) is 0.690. The van der Waals surface area contributed by atoms with Gasteiger partial charge in [-0.3, -0.25) is 4.90 Å². The van der Waals surface area contributed by atoms with Crippen molar-refractivity contribution in [2.24, 2.45) is 0 Å². The molecule has 2 aliphatic heterocycles. The maximum absolute atomic E-state index is 5.84. The van der Waals surface area contributed by atoms with Gasteiger partial charge in [0.2, 0.25) is 0 Å². The van der Waals surface area contributed by atoms with Crippen LogP contribution >= 0.6 is 0 Å². The first-order valence-corrected chi connectivity index (χ1v) is 7.04. The molecule has 100 valence electrons. The largest absolute Gasteiger partial charge is 0.374 e. The minimum absolute atomic E-state index is 0.411. The first-order valence-electron chi connectivity index (χ1n) is 7.04. The Balaban J connectivity index is 1.74. The van der Waals surface area contributed by atoms with Gasteiger partial charge in [0.05, 0.1) is 12.7 Å². The predicted octanol–water partition coefficient (Wildman–Crippen LogP) is 0.391. The van der Waals surface area contributed by atoms with Gasteiger partial charge >= 0.3 is 0 Å². The molecule has 0 radical (unpaired) electrons. The van der Waals surface area contributed by atoms with E-state index in [-0.39, 0.29) is 0 Å². The predicted molar refractivity (Wildman–Crippen MR) is 70.4 cm³/mol. The number of hydrogen-bond donors (Lipinski definition) is 1. The van der Waals surface area contributed by atoms with Crippen molar-refractivity contribution >= 4 is 0 Å². The van der Waals surface area contributed by atoms with Crippen molar-refractivity contribution < 1.29 is 4.74 Å². The van der Waals surface area contributed by atoms with Gasteiger partial charge in [-0.25, -0.2) is 0 Å². The van der Waals surface area contributed by atoms with Crippen molar-refractivity contribution in [3.63, 3.8) is 0 Å². The summed E-state index contributed by atoms with van der Waals surface area (Å²) < 4.78 is 5.84. The summed E-state index contributed by atoms with van der Waals surface area (Å²) in [4.78, 5) is 4.94. The zero-order valence-corrected chi connectivity index (χ0v) is 11.3. The molecule has 4 nitrogen and oxygen atoms in total. The Bertz CT molecular complexity index is 223. The number of morpholine rings is 1. The van der Waals surface area contributed by atoms with Crippen LogP contribution in [0.1, 0.15) is 19.8 Å². The van der Waals surface area contributed by atoms with Gasteiger partial charge in [0.1, 0.15) is 0 Å². The molecule has 0 aromatic heterocycles. The summed E-state index contributed by atoms with van der Waals surface area (Å²) in [5.74, 6) is 0. The molecule has 0 saturated carbocycles. The van der Waals surface area contributed by atoms with Crippen LogP contribution in [0, 0.1) is 0 Å². The minimum Gasteiger partial charge on any atom is -0.374 e. The molecule has 2 aliphatic rings. The summed E-state index contributed by atoms with van der Waals surface area (Å²) in [6.07, 6.45) is 2.98. The SMILES string of the molecule is CCCC1CN(CC2CN(C)CCO2)CCN1. The molecule has 2 rings (SSSR count). The number of nitrogens with zero attached hydrogens (tertiary/aromatic N) is 2. The summed E-state index contributed by atoms with van der Waals surface area (Å²) in [7, 11) is 2.19. The van der Waals surface area contributed by atoms with Crippen LogP contribution in [0.25, 0.3) is 0 Å². The monoisotopic (exact) mass is 241 g/mol. The number of rotatable bonds is 4. The molecular formula is C13H27N3O. The van der Waals surface area contributed by atoms with E-state index in [1.54, 1.807) is 0 Å². The molecular weight excluding hydrogens is 214 g/mol. The van der Waals surface area contributed by atoms with E-state index >= 15 is 0 Å². The quantitative estimate of drug-likeness (QED) is 0.771. The normalized spacial score (nSPS) is 32.8. The van der Waals surface area contributed by atoms with Crippen molar-refractivity contribution in [2.75, 3.05) is 52.9 Å². The third kappa shape index (κ3) is 4.21. The van der Waals surface area contributed by atoms with Crippen molar-refractivity contribution in [1.82, 2.24) is 15.1 Å². The highest BCUT2D eigenvalue weighted by Gasteiger charge is 2.24. The van der Waals surface area contributed by atoms with Gasteiger partial charge in [0.15, 0.2) is 0 Å². The Labute approximate surface area is 105 Å². The molecule has 2 unspecified atom stereocenters. The Morgan fingerprint density at radius 3 is 2.94 bits per heavy atom. The number of ether oxygens (including phenoxy) is 1. The van der Waals surface area contributed by atoms with Crippen molar-refractivity contribution in [1.29, 1.82) is 0 Å². The first-order chi connectivity index (χ1) is 8.28. The van der Waals surface area contributed by atoms with Gasteiger partial charge in [-0.05, 0) is 13.5 Å². The number of piperazine rings is 1. The highest BCUT2D eigenvalue weighted by molar-refractivity contribution is 4.81. The van der Waals surface area contributed by atoms with Gasteiger partial charge in [0.25, 0.3) is 0 Å². The van der Waals surface area contributed by atoms with Crippen LogP contribution in [0.15, 0.2) is 0 Å². The Kier molecular flexibility index (Phi) is 5.22. The lowest BCUT2D eigenvalue weighted by atomic mass is 10.1. The van der Waals surface area contributed by atoms with E-state index in [1.165, 1.54) is 25.9 Å². The van der Waals surface area contributed by atoms with Crippen LogP contribution in [-0.2, 0) is 4.74 Å². The highest BCUT2D eigenvalue weighted by Crippen LogP contribution is 2.09. The molecule has 0 aliphatic carbocycles. The minimum atomic E-state index is 0.411. The van der Waals surface area contributed by atoms with E-state index in [4.69, 9.17) is 4.74 Å². The van der Waals surface area contributed by atoms with Crippen molar-refractivity contribution in [3.8, 4) is 0 Å². The summed E-state index contributed by atoms with van der Waals surface area (Å²) >= 11 is 0. The fraction of sp³-hybridized carbons (Fsp3) is 1.00. The van der Waals surface area contributed by atoms with Gasteiger partial charge in [-0.15, -0.1) is 0 Å². The summed E-state index contributed by atoms with van der Waals surface area (Å²) in [6.45, 7) is 9.92. The molecule has 2 saturated heterocycles. The van der Waals surface area contributed by atoms with Crippen molar-refractivity contribution in [3.05, 3.63) is 0 Å². The Morgan fingerprint density at radius 1 is 1.29 bits per heavy atom. The Morgan fingerprint density at radius 2 is 2.18 bits per heavy atom. The Hall–Kier alpha value is -0.160. The second kappa shape index (κ2) is 6.69. The first kappa shape index (κ1) is 13.3. The molecule has 17 heavy (non-hydrogen) atoms. The maximum atomic E-state index is 5.84. The number of nitrogens with one attached hydrogen (secondary N) is 1. The molecule has 2 atom stereocenters. The second-order valence-electron chi connectivity index (χ2n) is 5.45. The fourth-order valence-electron chi connectivity index (χ4n) is 2.87. The lowest BCUT2D eigenvalue weighted by Crippen LogP contribution is -2.54. The topological polar surface area (TPSA) is 27.7 Å². The van der Waals surface area contributed by atoms with Gasteiger partial charge < -0.3 is 15.0 Å². The second-order valence-corrected chi connectivity index (χ2v) is 5.45. The molecule has 0 amide bonds. The van der Waals surface area contributed by atoms with Crippen LogP contribution in [0.5, 0.6) is 0 Å². The van der Waals surface area contributed by atoms with E-state index in [0.717, 1.165) is 32.8 Å². The van der Waals surface area contributed by atoms with Crippen LogP contribution in [-0.4, -0.2) is 74.9 Å². The molecule has 2 heterocycles. The lowest BCUT2D eigenvalue weighted by molar-refractivity contribution is -0.0387. The standard InChI is InChI=1S/C13H27N3O/c1-3-4-12-9-16(6-5-14-12)11-13-10-15(2)7-8-17-13/h12-14H,3-11H2,1-2H3. The zero-order valence-electron chi connectivity index (χ0n) is 11.3. The van der Waals surface area contributed by atoms with E-state index < -0.39 is 0 Å². The van der Waals surface area contributed by atoms with Crippen LogP contribution in [0.2, 0.25) is 0 Å². The fourth-order valence-corrected chi connectivity index (χ4v) is 2.87. The van der Waals surface area contributed by atoms with E-state index in [2.05, 4.69) is 29.1 Å². The summed E-state index contributed by atoms with van der Waals surface area (Å²) in [5.41, 5.74) is 0. The average Bonchev–Trinajstić information content (AvgIpc) is 2.30. The average molecular weight is 241 g/mol. The number of hydrogen-bond acceptors (Lipinski definition) is 4. The third-order valence-corrected chi connectivity index (χ3v) is 3.78. The molecule has 0 spiro atoms. The molecule has 0 aromatic rings.